The Bertz CT molecular complexity index is 517. The van der Waals surface area contributed by atoms with Gasteiger partial charge in [-0.05, 0) is 42.2 Å². The van der Waals surface area contributed by atoms with E-state index in [1.54, 1.807) is 18.4 Å². The maximum atomic E-state index is 9.95. The highest BCUT2D eigenvalue weighted by molar-refractivity contribution is 5.39. The molecule has 0 saturated carbocycles. The van der Waals surface area contributed by atoms with Gasteiger partial charge in [0.15, 0.2) is 0 Å². The van der Waals surface area contributed by atoms with Crippen LogP contribution in [-0.4, -0.2) is 11.7 Å². The van der Waals surface area contributed by atoms with E-state index in [0.29, 0.717) is 12.2 Å². The minimum absolute atomic E-state index is 0.524. The molecule has 0 amide bonds. The molecule has 0 saturated heterocycles. The van der Waals surface area contributed by atoms with Gasteiger partial charge >= 0.3 is 0 Å². The molecule has 3 rings (SSSR count). The van der Waals surface area contributed by atoms with Crippen molar-refractivity contribution >= 4 is 0 Å². The zero-order chi connectivity index (χ0) is 12.4. The summed E-state index contributed by atoms with van der Waals surface area (Å²) < 4.78 is 10.7. The number of rotatable bonds is 4. The molecule has 1 aliphatic rings. The molecule has 1 unspecified atom stereocenters. The fourth-order valence-electron chi connectivity index (χ4n) is 2.32. The van der Waals surface area contributed by atoms with Crippen molar-refractivity contribution in [2.75, 3.05) is 6.61 Å². The van der Waals surface area contributed by atoms with Gasteiger partial charge in [-0.1, -0.05) is 12.1 Å². The van der Waals surface area contributed by atoms with Gasteiger partial charge < -0.3 is 14.3 Å². The van der Waals surface area contributed by atoms with Gasteiger partial charge in [-0.15, -0.1) is 0 Å². The minimum atomic E-state index is -0.524. The zero-order valence-corrected chi connectivity index (χ0v) is 10.1. The van der Waals surface area contributed by atoms with E-state index in [4.69, 9.17) is 9.15 Å². The lowest BCUT2D eigenvalue weighted by molar-refractivity contribution is 0.140. The van der Waals surface area contributed by atoms with Crippen LogP contribution in [0.15, 0.2) is 41.0 Å². The fourth-order valence-corrected chi connectivity index (χ4v) is 2.32. The van der Waals surface area contributed by atoms with Gasteiger partial charge in [0.05, 0.1) is 12.9 Å². The van der Waals surface area contributed by atoms with Crippen LogP contribution in [0.25, 0.3) is 0 Å². The molecular weight excluding hydrogens is 228 g/mol. The first-order valence-electron chi connectivity index (χ1n) is 6.29. The standard InChI is InChI=1S/C15H16O3/c16-13(15-2-1-8-17-15)5-3-11-4-6-14-12(10-11)7-9-18-14/h1-2,4,6,8,10,13,16H,3,5,7,9H2. The van der Waals surface area contributed by atoms with Crippen LogP contribution in [0.2, 0.25) is 0 Å². The Morgan fingerprint density at radius 2 is 2.22 bits per heavy atom. The number of aliphatic hydroxyl groups excluding tert-OH is 1. The molecule has 2 aromatic rings. The van der Waals surface area contributed by atoms with E-state index in [0.717, 1.165) is 25.2 Å². The van der Waals surface area contributed by atoms with Crippen LogP contribution in [0.5, 0.6) is 5.75 Å². The number of hydrogen-bond donors (Lipinski definition) is 1. The Kier molecular flexibility index (Phi) is 3.07. The fraction of sp³-hybridized carbons (Fsp3) is 0.333. The van der Waals surface area contributed by atoms with Crippen molar-refractivity contribution in [3.63, 3.8) is 0 Å². The van der Waals surface area contributed by atoms with Gasteiger partial charge in [0.2, 0.25) is 0 Å². The van der Waals surface area contributed by atoms with Crippen molar-refractivity contribution in [2.24, 2.45) is 0 Å². The molecule has 0 fully saturated rings. The van der Waals surface area contributed by atoms with Crippen molar-refractivity contribution in [3.05, 3.63) is 53.5 Å². The maximum Gasteiger partial charge on any atom is 0.132 e. The van der Waals surface area contributed by atoms with Crippen molar-refractivity contribution in [3.8, 4) is 5.75 Å². The number of furan rings is 1. The van der Waals surface area contributed by atoms with Crippen molar-refractivity contribution < 1.29 is 14.3 Å². The highest BCUT2D eigenvalue weighted by Gasteiger charge is 2.14. The topological polar surface area (TPSA) is 42.6 Å². The van der Waals surface area contributed by atoms with Crippen LogP contribution in [0.1, 0.15) is 29.4 Å². The smallest absolute Gasteiger partial charge is 0.132 e. The van der Waals surface area contributed by atoms with Gasteiger partial charge in [-0.25, -0.2) is 0 Å². The third kappa shape index (κ3) is 2.27. The van der Waals surface area contributed by atoms with E-state index in [1.807, 2.05) is 6.07 Å². The molecule has 0 aliphatic carbocycles. The molecule has 3 heteroatoms. The first-order chi connectivity index (χ1) is 8.83. The quantitative estimate of drug-likeness (QED) is 0.899. The molecule has 1 aliphatic heterocycles. The van der Waals surface area contributed by atoms with E-state index < -0.39 is 6.10 Å². The Labute approximate surface area is 106 Å². The molecule has 2 heterocycles. The summed E-state index contributed by atoms with van der Waals surface area (Å²) in [5.41, 5.74) is 2.52. The van der Waals surface area contributed by atoms with Gasteiger partial charge in [-0.2, -0.15) is 0 Å². The van der Waals surface area contributed by atoms with Crippen LogP contribution in [0.4, 0.5) is 0 Å². The van der Waals surface area contributed by atoms with Gasteiger partial charge in [-0.3, -0.25) is 0 Å². The van der Waals surface area contributed by atoms with Crippen LogP contribution in [-0.2, 0) is 12.8 Å². The molecule has 1 aromatic heterocycles. The summed E-state index contributed by atoms with van der Waals surface area (Å²) in [6.07, 6.45) is 3.57. The number of benzene rings is 1. The molecule has 0 radical (unpaired) electrons. The van der Waals surface area contributed by atoms with Gasteiger partial charge in [0.1, 0.15) is 17.6 Å². The van der Waals surface area contributed by atoms with Gasteiger partial charge in [0.25, 0.3) is 0 Å². The first kappa shape index (κ1) is 11.4. The average Bonchev–Trinajstić information content (AvgIpc) is 3.05. The summed E-state index contributed by atoms with van der Waals surface area (Å²) in [6.45, 7) is 0.786. The van der Waals surface area contributed by atoms with E-state index in [1.165, 1.54) is 11.1 Å². The Morgan fingerprint density at radius 3 is 3.06 bits per heavy atom. The number of ether oxygens (including phenoxy) is 1. The Hall–Kier alpha value is -1.74. The third-order valence-electron chi connectivity index (χ3n) is 3.33. The molecular formula is C15H16O3. The normalized spacial score (nSPS) is 15.2. The molecule has 94 valence electrons. The Morgan fingerprint density at radius 1 is 1.28 bits per heavy atom. The predicted molar refractivity (Wildman–Crippen MR) is 67.6 cm³/mol. The SMILES string of the molecule is OC(CCc1ccc2c(c1)CCO2)c1ccco1. The summed E-state index contributed by atoms with van der Waals surface area (Å²) in [5, 5.41) is 9.95. The van der Waals surface area contributed by atoms with Crippen molar-refractivity contribution in [1.29, 1.82) is 0 Å². The lowest BCUT2D eigenvalue weighted by atomic mass is 10.0. The molecule has 0 spiro atoms. The number of fused-ring (bicyclic) bond motifs is 1. The average molecular weight is 244 g/mol. The summed E-state index contributed by atoms with van der Waals surface area (Å²) in [4.78, 5) is 0. The van der Waals surface area contributed by atoms with Crippen molar-refractivity contribution in [2.45, 2.75) is 25.4 Å². The second-order valence-electron chi connectivity index (χ2n) is 4.61. The number of aliphatic hydroxyl groups is 1. The summed E-state index contributed by atoms with van der Waals surface area (Å²) in [7, 11) is 0. The highest BCUT2D eigenvalue weighted by atomic mass is 16.5. The second-order valence-corrected chi connectivity index (χ2v) is 4.61. The first-order valence-corrected chi connectivity index (χ1v) is 6.29. The predicted octanol–water partition coefficient (Wildman–Crippen LogP) is 2.88. The van der Waals surface area contributed by atoms with Crippen LogP contribution in [0.3, 0.4) is 0 Å². The van der Waals surface area contributed by atoms with Crippen LogP contribution < -0.4 is 4.74 Å². The largest absolute Gasteiger partial charge is 0.493 e. The molecule has 1 atom stereocenters. The number of hydrogen-bond acceptors (Lipinski definition) is 3. The molecule has 1 N–H and O–H groups in total. The Balaban J connectivity index is 1.63. The lowest BCUT2D eigenvalue weighted by Gasteiger charge is -2.08. The lowest BCUT2D eigenvalue weighted by Crippen LogP contribution is -1.98. The highest BCUT2D eigenvalue weighted by Crippen LogP contribution is 2.27. The molecule has 18 heavy (non-hydrogen) atoms. The van der Waals surface area contributed by atoms with Crippen LogP contribution in [0, 0.1) is 0 Å². The van der Waals surface area contributed by atoms with E-state index in [9.17, 15) is 5.11 Å². The molecule has 1 aromatic carbocycles. The van der Waals surface area contributed by atoms with E-state index >= 15 is 0 Å². The minimum Gasteiger partial charge on any atom is -0.493 e. The second kappa shape index (κ2) is 4.86. The van der Waals surface area contributed by atoms with E-state index in [2.05, 4.69) is 12.1 Å². The summed E-state index contributed by atoms with van der Waals surface area (Å²) in [6, 6.07) is 9.87. The number of aryl methyl sites for hydroxylation is 1. The maximum absolute atomic E-state index is 9.95. The van der Waals surface area contributed by atoms with E-state index in [-0.39, 0.29) is 0 Å². The summed E-state index contributed by atoms with van der Waals surface area (Å²) >= 11 is 0. The third-order valence-corrected chi connectivity index (χ3v) is 3.33. The molecule has 3 nitrogen and oxygen atoms in total. The monoisotopic (exact) mass is 244 g/mol. The van der Waals surface area contributed by atoms with Gasteiger partial charge in [0, 0.05) is 6.42 Å². The zero-order valence-electron chi connectivity index (χ0n) is 10.1. The summed E-state index contributed by atoms with van der Waals surface area (Å²) in [5.74, 6) is 1.64. The van der Waals surface area contributed by atoms with Crippen LogP contribution >= 0.6 is 0 Å². The van der Waals surface area contributed by atoms with Crippen molar-refractivity contribution in [1.82, 2.24) is 0 Å². The molecule has 0 bridgehead atoms.